The quantitative estimate of drug-likeness (QED) is 0.771. The minimum absolute atomic E-state index is 0.150. The molecule has 0 saturated heterocycles. The number of carbonyl (C=O) groups is 1. The lowest BCUT2D eigenvalue weighted by molar-refractivity contribution is 0.0997. The van der Waals surface area contributed by atoms with Gasteiger partial charge in [0.1, 0.15) is 0 Å². The zero-order valence-corrected chi connectivity index (χ0v) is 10.8. The molecular weight excluding hydrogens is 282 g/mol. The number of aromatic amines is 1. The van der Waals surface area contributed by atoms with Crippen molar-refractivity contribution >= 4 is 23.2 Å². The van der Waals surface area contributed by atoms with Crippen LogP contribution in [0.1, 0.15) is 10.6 Å². The van der Waals surface area contributed by atoms with Gasteiger partial charge < -0.3 is 9.73 Å². The van der Waals surface area contributed by atoms with Gasteiger partial charge in [0.15, 0.2) is 11.0 Å². The van der Waals surface area contributed by atoms with Crippen LogP contribution in [0.5, 0.6) is 0 Å². The van der Waals surface area contributed by atoms with Crippen molar-refractivity contribution in [1.29, 1.82) is 0 Å². The Bertz CT molecular complexity index is 721. The third kappa shape index (κ3) is 2.52. The molecule has 100 valence electrons. The van der Waals surface area contributed by atoms with Crippen molar-refractivity contribution in [2.24, 2.45) is 0 Å². The number of rotatable bonds is 3. The van der Waals surface area contributed by atoms with Gasteiger partial charge in [-0.25, -0.2) is 0 Å². The van der Waals surface area contributed by atoms with Gasteiger partial charge in [0, 0.05) is 11.3 Å². The molecule has 2 heterocycles. The first-order valence-corrected chi connectivity index (χ1v) is 6.01. The van der Waals surface area contributed by atoms with Crippen molar-refractivity contribution < 1.29 is 9.21 Å². The molecule has 0 fully saturated rings. The molecular formula is C12H8ClN5O2. The van der Waals surface area contributed by atoms with Crippen molar-refractivity contribution in [3.63, 3.8) is 0 Å². The lowest BCUT2D eigenvalue weighted by atomic mass is 10.2. The van der Waals surface area contributed by atoms with Crippen LogP contribution in [0.4, 0.5) is 5.69 Å². The Morgan fingerprint density at radius 3 is 2.60 bits per heavy atom. The van der Waals surface area contributed by atoms with Gasteiger partial charge >= 0.3 is 0 Å². The second kappa shape index (κ2) is 5.14. The van der Waals surface area contributed by atoms with E-state index < -0.39 is 0 Å². The number of hydrogen-bond donors (Lipinski definition) is 2. The molecule has 20 heavy (non-hydrogen) atoms. The number of furan rings is 1. The highest BCUT2D eigenvalue weighted by Gasteiger charge is 2.11. The number of amides is 1. The highest BCUT2D eigenvalue weighted by atomic mass is 35.5. The Labute approximate surface area is 117 Å². The van der Waals surface area contributed by atoms with E-state index >= 15 is 0 Å². The highest BCUT2D eigenvalue weighted by Crippen LogP contribution is 2.18. The molecule has 0 radical (unpaired) electrons. The number of anilines is 1. The van der Waals surface area contributed by atoms with Crippen LogP contribution in [0.2, 0.25) is 5.22 Å². The van der Waals surface area contributed by atoms with Crippen LogP contribution in [-0.2, 0) is 0 Å². The third-order valence-corrected chi connectivity index (χ3v) is 2.75. The Morgan fingerprint density at radius 2 is 2.00 bits per heavy atom. The van der Waals surface area contributed by atoms with Crippen LogP contribution in [0.25, 0.3) is 11.4 Å². The molecule has 2 N–H and O–H groups in total. The summed E-state index contributed by atoms with van der Waals surface area (Å²) in [5.74, 6) is 0.266. The summed E-state index contributed by atoms with van der Waals surface area (Å²) in [5, 5.41) is 16.4. The van der Waals surface area contributed by atoms with Crippen molar-refractivity contribution in [3.8, 4) is 11.4 Å². The van der Waals surface area contributed by atoms with Gasteiger partial charge in [-0.2, -0.15) is 5.21 Å². The normalized spacial score (nSPS) is 10.4. The second-order valence-electron chi connectivity index (χ2n) is 3.87. The zero-order chi connectivity index (χ0) is 13.9. The van der Waals surface area contributed by atoms with E-state index in [4.69, 9.17) is 16.0 Å². The van der Waals surface area contributed by atoms with E-state index in [1.807, 2.05) is 0 Å². The summed E-state index contributed by atoms with van der Waals surface area (Å²) in [5.41, 5.74) is 1.41. The van der Waals surface area contributed by atoms with Crippen LogP contribution in [0, 0.1) is 0 Å². The Kier molecular flexibility index (Phi) is 3.18. The van der Waals surface area contributed by atoms with E-state index in [0.717, 1.165) is 5.56 Å². The topological polar surface area (TPSA) is 96.7 Å². The van der Waals surface area contributed by atoms with Crippen LogP contribution < -0.4 is 5.32 Å². The lowest BCUT2D eigenvalue weighted by Gasteiger charge is -2.03. The fourth-order valence-corrected chi connectivity index (χ4v) is 1.76. The number of tetrazole rings is 1. The van der Waals surface area contributed by atoms with E-state index in [1.54, 1.807) is 24.3 Å². The van der Waals surface area contributed by atoms with E-state index in [1.165, 1.54) is 12.1 Å². The number of aromatic nitrogens is 4. The summed E-state index contributed by atoms with van der Waals surface area (Å²) < 4.78 is 5.02. The number of halogens is 1. The van der Waals surface area contributed by atoms with E-state index in [2.05, 4.69) is 25.9 Å². The van der Waals surface area contributed by atoms with Crippen molar-refractivity contribution in [2.45, 2.75) is 0 Å². The first kappa shape index (κ1) is 12.4. The summed E-state index contributed by atoms with van der Waals surface area (Å²) in [6, 6.07) is 10.0. The summed E-state index contributed by atoms with van der Waals surface area (Å²) in [6.07, 6.45) is 0. The van der Waals surface area contributed by atoms with Gasteiger partial charge in [0.25, 0.3) is 5.91 Å². The SMILES string of the molecule is O=C(Nc1ccc(-c2nn[nH]n2)cc1)c1ccc(Cl)o1. The number of nitrogens with zero attached hydrogens (tertiary/aromatic N) is 3. The van der Waals surface area contributed by atoms with Crippen molar-refractivity contribution in [3.05, 3.63) is 47.4 Å². The Balaban J connectivity index is 1.74. The van der Waals surface area contributed by atoms with Gasteiger partial charge in [0.2, 0.25) is 5.82 Å². The smallest absolute Gasteiger partial charge is 0.291 e. The standard InChI is InChI=1S/C12H8ClN5O2/c13-10-6-5-9(20-10)12(19)14-8-3-1-7(2-4-8)11-15-17-18-16-11/h1-6H,(H,14,19)(H,15,16,17,18). The number of hydrogen-bond acceptors (Lipinski definition) is 5. The predicted octanol–water partition coefficient (Wildman–Crippen LogP) is 2.37. The Hall–Kier alpha value is -2.67. The number of benzene rings is 1. The van der Waals surface area contributed by atoms with Crippen LogP contribution >= 0.6 is 11.6 Å². The molecule has 0 aliphatic heterocycles. The first-order chi connectivity index (χ1) is 9.72. The minimum Gasteiger partial charge on any atom is -0.440 e. The number of nitrogens with one attached hydrogen (secondary N) is 2. The molecule has 0 bridgehead atoms. The maximum Gasteiger partial charge on any atom is 0.291 e. The maximum atomic E-state index is 11.8. The lowest BCUT2D eigenvalue weighted by Crippen LogP contribution is -2.10. The molecule has 2 aromatic heterocycles. The average molecular weight is 290 g/mol. The molecule has 3 rings (SSSR count). The molecule has 0 unspecified atom stereocenters. The molecule has 3 aromatic rings. The molecule has 8 heteroatoms. The third-order valence-electron chi connectivity index (χ3n) is 2.54. The average Bonchev–Trinajstić information content (AvgIpc) is 3.10. The molecule has 1 aromatic carbocycles. The molecule has 7 nitrogen and oxygen atoms in total. The van der Waals surface area contributed by atoms with Crippen molar-refractivity contribution in [1.82, 2.24) is 20.6 Å². The summed E-state index contributed by atoms with van der Waals surface area (Å²) in [7, 11) is 0. The molecule has 0 atom stereocenters. The zero-order valence-electron chi connectivity index (χ0n) is 10.0. The minimum atomic E-state index is -0.371. The van der Waals surface area contributed by atoms with E-state index in [0.29, 0.717) is 11.5 Å². The van der Waals surface area contributed by atoms with E-state index in [-0.39, 0.29) is 16.9 Å². The van der Waals surface area contributed by atoms with Gasteiger partial charge in [-0.05, 0) is 53.2 Å². The predicted molar refractivity (Wildman–Crippen MR) is 71.3 cm³/mol. The van der Waals surface area contributed by atoms with Gasteiger partial charge in [-0.3, -0.25) is 4.79 Å². The summed E-state index contributed by atoms with van der Waals surface area (Å²) in [6.45, 7) is 0. The van der Waals surface area contributed by atoms with Crippen LogP contribution in [0.15, 0.2) is 40.8 Å². The van der Waals surface area contributed by atoms with Crippen molar-refractivity contribution in [2.75, 3.05) is 5.32 Å². The van der Waals surface area contributed by atoms with E-state index in [9.17, 15) is 4.79 Å². The summed E-state index contributed by atoms with van der Waals surface area (Å²) >= 11 is 5.62. The number of carbonyl (C=O) groups excluding carboxylic acids is 1. The fourth-order valence-electron chi connectivity index (χ4n) is 1.62. The maximum absolute atomic E-state index is 11.8. The van der Waals surface area contributed by atoms with Crippen LogP contribution in [-0.4, -0.2) is 26.5 Å². The summed E-state index contributed by atoms with van der Waals surface area (Å²) in [4.78, 5) is 11.8. The fraction of sp³-hybridized carbons (Fsp3) is 0. The largest absolute Gasteiger partial charge is 0.440 e. The second-order valence-corrected chi connectivity index (χ2v) is 4.24. The molecule has 1 amide bonds. The highest BCUT2D eigenvalue weighted by molar-refractivity contribution is 6.29. The van der Waals surface area contributed by atoms with Crippen LogP contribution in [0.3, 0.4) is 0 Å². The molecule has 0 spiro atoms. The molecule has 0 saturated carbocycles. The number of H-pyrrole nitrogens is 1. The first-order valence-electron chi connectivity index (χ1n) is 5.63. The van der Waals surface area contributed by atoms with Gasteiger partial charge in [-0.15, -0.1) is 10.2 Å². The molecule has 0 aliphatic carbocycles. The monoisotopic (exact) mass is 289 g/mol. The van der Waals surface area contributed by atoms with Gasteiger partial charge in [-0.1, -0.05) is 0 Å². The Morgan fingerprint density at radius 1 is 1.20 bits per heavy atom. The van der Waals surface area contributed by atoms with Gasteiger partial charge in [0.05, 0.1) is 0 Å². The molecule has 0 aliphatic rings.